The van der Waals surface area contributed by atoms with E-state index in [-0.39, 0.29) is 22.3 Å². The Morgan fingerprint density at radius 2 is 2.04 bits per heavy atom. The molecule has 0 aromatic carbocycles. The number of rotatable bonds is 6. The first-order chi connectivity index (χ1) is 12.9. The molecule has 0 bridgehead atoms. The Balaban J connectivity index is 1.78. The molecule has 5 atom stereocenters. The molecule has 0 aliphatic carbocycles. The maximum atomic E-state index is 14.5. The molecular formula is C10H13ClFN5O9P2. The monoisotopic (exact) mass is 463 g/mol. The first-order valence-electron chi connectivity index (χ1n) is 7.25. The summed E-state index contributed by atoms with van der Waals surface area (Å²) >= 11 is 5.72. The van der Waals surface area contributed by atoms with Gasteiger partial charge in [-0.15, -0.1) is 0 Å². The highest BCUT2D eigenvalue weighted by Crippen LogP contribution is 2.57. The van der Waals surface area contributed by atoms with Crippen LogP contribution in [0.3, 0.4) is 0 Å². The van der Waals surface area contributed by atoms with E-state index in [0.29, 0.717) is 0 Å². The maximum absolute atomic E-state index is 14.5. The van der Waals surface area contributed by atoms with E-state index < -0.39 is 46.9 Å². The SMILES string of the molecule is Nc1nc(Cl)nc2c1ncn2[C@@H]1O[C@H](COP(=O)(O)OP(=O)(O)O)[C@@H](O)[C@@H]1F. The standard InChI is InChI=1S/C10H13ClFN5O9P2/c11-10-15-7(13)5-8(16-10)17(2-14-5)9-4(12)6(18)3(25-9)1-24-28(22,23)26-27(19,20)21/h2-4,6,9,18H,1H2,(H,22,23)(H2,13,15,16)(H2,19,20,21)/t3-,4+,6-,9-/m1/s1. The lowest BCUT2D eigenvalue weighted by Gasteiger charge is -2.17. The van der Waals surface area contributed by atoms with Crippen LogP contribution >= 0.6 is 27.2 Å². The van der Waals surface area contributed by atoms with Gasteiger partial charge >= 0.3 is 15.6 Å². The molecule has 2 aromatic rings. The van der Waals surface area contributed by atoms with E-state index in [1.807, 2.05) is 0 Å². The number of nitrogens with zero attached hydrogens (tertiary/aromatic N) is 4. The summed E-state index contributed by atoms with van der Waals surface area (Å²) in [6, 6.07) is 0. The third kappa shape index (κ3) is 4.49. The second-order valence-electron chi connectivity index (χ2n) is 5.54. The van der Waals surface area contributed by atoms with Gasteiger partial charge in [-0.1, -0.05) is 0 Å². The number of alkyl halides is 1. The number of halogens is 2. The summed E-state index contributed by atoms with van der Waals surface area (Å²) in [5.74, 6) is -0.0709. The van der Waals surface area contributed by atoms with Crippen molar-refractivity contribution in [1.82, 2.24) is 19.5 Å². The first kappa shape index (κ1) is 21.5. The normalized spacial score (nSPS) is 27.9. The van der Waals surface area contributed by atoms with Crippen molar-refractivity contribution in [2.45, 2.75) is 24.6 Å². The van der Waals surface area contributed by atoms with E-state index in [9.17, 15) is 23.5 Å². The van der Waals surface area contributed by atoms with Gasteiger partial charge in [0.1, 0.15) is 17.7 Å². The third-order valence-electron chi connectivity index (χ3n) is 3.60. The molecule has 1 aliphatic rings. The molecule has 2 aromatic heterocycles. The molecule has 1 fully saturated rings. The molecule has 0 radical (unpaired) electrons. The quantitative estimate of drug-likeness (QED) is 0.279. The molecule has 1 saturated heterocycles. The summed E-state index contributed by atoms with van der Waals surface area (Å²) in [7, 11) is -10.5. The number of fused-ring (bicyclic) bond motifs is 1. The lowest BCUT2D eigenvalue weighted by Crippen LogP contribution is -2.31. The van der Waals surface area contributed by atoms with Crippen molar-refractivity contribution in [2.24, 2.45) is 0 Å². The zero-order valence-electron chi connectivity index (χ0n) is 13.4. The van der Waals surface area contributed by atoms with Crippen molar-refractivity contribution in [2.75, 3.05) is 12.3 Å². The average Bonchev–Trinajstić information content (AvgIpc) is 3.06. The van der Waals surface area contributed by atoms with Crippen molar-refractivity contribution < 1.29 is 46.9 Å². The zero-order valence-corrected chi connectivity index (χ0v) is 16.0. The Morgan fingerprint density at radius 1 is 1.36 bits per heavy atom. The number of phosphoric acid groups is 2. The van der Waals surface area contributed by atoms with E-state index in [0.717, 1.165) is 10.9 Å². The highest BCUT2D eigenvalue weighted by Gasteiger charge is 2.47. The van der Waals surface area contributed by atoms with Crippen LogP contribution in [0.5, 0.6) is 0 Å². The summed E-state index contributed by atoms with van der Waals surface area (Å²) in [5, 5.41) is 9.73. The zero-order chi connectivity index (χ0) is 20.9. The molecule has 14 nitrogen and oxygen atoms in total. The summed E-state index contributed by atoms with van der Waals surface area (Å²) in [6.45, 7) is -0.920. The average molecular weight is 464 g/mol. The van der Waals surface area contributed by atoms with E-state index in [2.05, 4.69) is 23.8 Å². The van der Waals surface area contributed by atoms with Gasteiger partial charge in [-0.2, -0.15) is 14.3 Å². The van der Waals surface area contributed by atoms with E-state index in [4.69, 9.17) is 31.9 Å². The minimum atomic E-state index is -5.33. The number of aliphatic hydroxyl groups is 1. The van der Waals surface area contributed by atoms with Crippen LogP contribution < -0.4 is 5.73 Å². The predicted molar refractivity (Wildman–Crippen MR) is 88.5 cm³/mol. The molecule has 0 spiro atoms. The Hall–Kier alpha value is -1.25. The largest absolute Gasteiger partial charge is 0.481 e. The highest BCUT2D eigenvalue weighted by atomic mass is 35.5. The fraction of sp³-hybridized carbons (Fsp3) is 0.500. The van der Waals surface area contributed by atoms with Crippen LogP contribution in [-0.4, -0.2) is 64.3 Å². The molecule has 3 heterocycles. The third-order valence-corrected chi connectivity index (χ3v) is 5.92. The van der Waals surface area contributed by atoms with Crippen LogP contribution in [0.25, 0.3) is 11.2 Å². The van der Waals surface area contributed by atoms with Gasteiger partial charge in [-0.05, 0) is 11.6 Å². The van der Waals surface area contributed by atoms with Gasteiger partial charge in [0.2, 0.25) is 5.28 Å². The molecular weight excluding hydrogens is 451 g/mol. The fourth-order valence-corrected chi connectivity index (χ4v) is 4.26. The number of hydrogen-bond donors (Lipinski definition) is 5. The molecule has 156 valence electrons. The van der Waals surface area contributed by atoms with Crippen LogP contribution in [0, 0.1) is 0 Å². The second-order valence-corrected chi connectivity index (χ2v) is 8.71. The van der Waals surface area contributed by atoms with Gasteiger partial charge in [0.15, 0.2) is 23.9 Å². The number of aliphatic hydroxyl groups excluding tert-OH is 1. The molecule has 28 heavy (non-hydrogen) atoms. The van der Waals surface area contributed by atoms with Crippen molar-refractivity contribution in [3.8, 4) is 0 Å². The topological polar surface area (TPSA) is 212 Å². The van der Waals surface area contributed by atoms with Crippen molar-refractivity contribution in [3.63, 3.8) is 0 Å². The number of nitrogens with two attached hydrogens (primary N) is 1. The van der Waals surface area contributed by atoms with Crippen LogP contribution in [-0.2, 0) is 22.7 Å². The molecule has 0 saturated carbocycles. The second kappa shape index (κ2) is 7.54. The molecule has 18 heteroatoms. The number of phosphoric ester groups is 1. The van der Waals surface area contributed by atoms with E-state index in [1.54, 1.807) is 0 Å². The predicted octanol–water partition coefficient (Wildman–Crippen LogP) is -0.115. The Kier molecular flexibility index (Phi) is 5.78. The molecule has 1 unspecified atom stereocenters. The lowest BCUT2D eigenvalue weighted by atomic mass is 10.1. The first-order valence-corrected chi connectivity index (χ1v) is 10.7. The molecule has 3 rings (SSSR count). The smallest absolute Gasteiger partial charge is 0.387 e. The summed E-state index contributed by atoms with van der Waals surface area (Å²) < 4.78 is 50.9. The molecule has 1 aliphatic heterocycles. The number of ether oxygens (including phenoxy) is 1. The van der Waals surface area contributed by atoms with E-state index >= 15 is 0 Å². The van der Waals surface area contributed by atoms with E-state index in [1.165, 1.54) is 0 Å². The summed E-state index contributed by atoms with van der Waals surface area (Å²) in [6.07, 6.45) is -5.74. The van der Waals surface area contributed by atoms with Gasteiger partial charge in [-0.25, -0.2) is 18.5 Å². The van der Waals surface area contributed by atoms with Crippen molar-refractivity contribution >= 4 is 44.2 Å². The van der Waals surface area contributed by atoms with Gasteiger partial charge in [0.05, 0.1) is 12.9 Å². The van der Waals surface area contributed by atoms with Crippen LogP contribution in [0.15, 0.2) is 6.33 Å². The fourth-order valence-electron chi connectivity index (χ4n) is 2.49. The Labute approximate surface area is 159 Å². The van der Waals surface area contributed by atoms with Crippen molar-refractivity contribution in [3.05, 3.63) is 11.6 Å². The number of hydrogen-bond acceptors (Lipinski definition) is 10. The number of imidazole rings is 1. The molecule has 6 N–H and O–H groups in total. The van der Waals surface area contributed by atoms with Gasteiger partial charge in [0.25, 0.3) is 0 Å². The minimum absolute atomic E-state index is 0.0107. The number of anilines is 1. The summed E-state index contributed by atoms with van der Waals surface area (Å²) in [4.78, 5) is 37.8. The van der Waals surface area contributed by atoms with Gasteiger partial charge < -0.3 is 30.3 Å². The Bertz CT molecular complexity index is 988. The molecule has 0 amide bonds. The number of aromatic nitrogens is 4. The Morgan fingerprint density at radius 3 is 2.68 bits per heavy atom. The van der Waals surface area contributed by atoms with Crippen LogP contribution in [0.2, 0.25) is 5.28 Å². The van der Waals surface area contributed by atoms with Crippen LogP contribution in [0.1, 0.15) is 6.23 Å². The lowest BCUT2D eigenvalue weighted by molar-refractivity contribution is -0.0450. The highest BCUT2D eigenvalue weighted by molar-refractivity contribution is 7.60. The van der Waals surface area contributed by atoms with Gasteiger partial charge in [0, 0.05) is 0 Å². The minimum Gasteiger partial charge on any atom is -0.387 e. The van der Waals surface area contributed by atoms with Crippen LogP contribution in [0.4, 0.5) is 10.2 Å². The number of nitrogen functional groups attached to an aromatic ring is 1. The van der Waals surface area contributed by atoms with Gasteiger partial charge in [-0.3, -0.25) is 9.09 Å². The summed E-state index contributed by atoms with van der Waals surface area (Å²) in [5.41, 5.74) is 5.76. The van der Waals surface area contributed by atoms with Crippen molar-refractivity contribution in [1.29, 1.82) is 0 Å². The maximum Gasteiger partial charge on any atom is 0.481 e.